The highest BCUT2D eigenvalue weighted by Gasteiger charge is 2.44. The lowest BCUT2D eigenvalue weighted by atomic mass is 10.0. The van der Waals surface area contributed by atoms with Crippen LogP contribution < -0.4 is 14.8 Å². The minimum atomic E-state index is -1.25. The van der Waals surface area contributed by atoms with E-state index in [4.69, 9.17) is 19.2 Å². The van der Waals surface area contributed by atoms with Crippen LogP contribution in [0, 0.1) is 0 Å². The van der Waals surface area contributed by atoms with Gasteiger partial charge in [0.05, 0.1) is 24.2 Å². The summed E-state index contributed by atoms with van der Waals surface area (Å²) in [5.74, 6) is 1.91. The number of nitrogens with one attached hydrogen (secondary N) is 1. The lowest BCUT2D eigenvalue weighted by Gasteiger charge is -2.20. The first-order valence-electron chi connectivity index (χ1n) is 15.5. The molecule has 5 aromatic rings. The second-order valence-electron chi connectivity index (χ2n) is 11.3. The summed E-state index contributed by atoms with van der Waals surface area (Å²) in [6, 6.07) is 31.4. The van der Waals surface area contributed by atoms with Crippen molar-refractivity contribution in [3.05, 3.63) is 108 Å². The molecule has 0 amide bonds. The number of nitrogens with zero attached hydrogens (tertiary/aromatic N) is 2. The third-order valence-electron chi connectivity index (χ3n) is 8.07. The molecule has 10 heteroatoms. The number of unbranched alkanes of at least 4 members (excludes halogenated alkanes) is 1. The average Bonchev–Trinajstić information content (AvgIpc) is 3.60. The highest BCUT2D eigenvalue weighted by Crippen LogP contribution is 2.36. The number of rotatable bonds is 14. The van der Waals surface area contributed by atoms with E-state index in [1.807, 2.05) is 97.1 Å². The smallest absolute Gasteiger partial charge is 0.206 e. The Labute approximate surface area is 267 Å². The molecule has 10 nitrogen and oxygen atoms in total. The van der Waals surface area contributed by atoms with Crippen LogP contribution in [0.1, 0.15) is 30.2 Å². The number of imidazole rings is 1. The lowest BCUT2D eigenvalue weighted by Crippen LogP contribution is -2.33. The number of aromatic nitrogens is 2. The molecule has 1 fully saturated rings. The standard InChI is InChI=1S/C36H39N3O7/c40-17-6-7-18-44-31-19-25(15-16-28(31)26-11-8-12-27(20-26)45-23-24-9-2-1-3-10-24)21-37-36-38-29-13-4-5-14-30(29)39(36)35-34(43)33(42)32(22-41)46-35/h1-5,8-16,19-20,32-35,40-43H,6-7,17-18,21-23H2,(H,37,38)/t32-,33-,34-,35-/m1/s1. The monoisotopic (exact) mass is 625 g/mol. The minimum Gasteiger partial charge on any atom is -0.493 e. The summed E-state index contributed by atoms with van der Waals surface area (Å²) in [5, 5.41) is 43.5. The Bertz CT molecular complexity index is 1730. The predicted molar refractivity (Wildman–Crippen MR) is 175 cm³/mol. The predicted octanol–water partition coefficient (Wildman–Crippen LogP) is 4.66. The van der Waals surface area contributed by atoms with Crippen molar-refractivity contribution in [3.8, 4) is 22.6 Å². The Morgan fingerprint density at radius 1 is 0.804 bits per heavy atom. The van der Waals surface area contributed by atoms with Crippen LogP contribution in [0.4, 0.5) is 5.95 Å². The maximum atomic E-state index is 10.8. The molecule has 5 N–H and O–H groups in total. The number of benzene rings is 4. The van der Waals surface area contributed by atoms with Gasteiger partial charge in [-0.25, -0.2) is 4.98 Å². The molecule has 0 spiro atoms. The van der Waals surface area contributed by atoms with E-state index >= 15 is 0 Å². The molecule has 0 aliphatic carbocycles. The molecule has 0 bridgehead atoms. The van der Waals surface area contributed by atoms with Gasteiger partial charge in [-0.3, -0.25) is 4.57 Å². The van der Waals surface area contributed by atoms with Gasteiger partial charge in [0.1, 0.15) is 36.4 Å². The van der Waals surface area contributed by atoms with Crippen molar-refractivity contribution in [3.63, 3.8) is 0 Å². The zero-order valence-corrected chi connectivity index (χ0v) is 25.4. The van der Waals surface area contributed by atoms with Crippen LogP contribution in [0.25, 0.3) is 22.2 Å². The van der Waals surface area contributed by atoms with Crippen LogP contribution >= 0.6 is 0 Å². The molecule has 1 aliphatic heterocycles. The van der Waals surface area contributed by atoms with Crippen LogP contribution in [0.2, 0.25) is 0 Å². The number of fused-ring (bicyclic) bond motifs is 1. The first-order chi connectivity index (χ1) is 22.6. The van der Waals surface area contributed by atoms with E-state index in [9.17, 15) is 20.4 Å². The van der Waals surface area contributed by atoms with Gasteiger partial charge in [0, 0.05) is 18.7 Å². The molecule has 1 aliphatic rings. The quantitative estimate of drug-likeness (QED) is 0.112. The van der Waals surface area contributed by atoms with Gasteiger partial charge < -0.3 is 40.0 Å². The molecule has 1 aromatic heterocycles. The van der Waals surface area contributed by atoms with E-state index < -0.39 is 31.1 Å². The fraction of sp³-hybridized carbons (Fsp3) is 0.306. The largest absolute Gasteiger partial charge is 0.493 e. The molecule has 46 heavy (non-hydrogen) atoms. The van der Waals surface area contributed by atoms with Crippen LogP contribution in [0.15, 0.2) is 97.1 Å². The van der Waals surface area contributed by atoms with E-state index in [-0.39, 0.29) is 6.61 Å². The molecule has 0 unspecified atom stereocenters. The van der Waals surface area contributed by atoms with Crippen molar-refractivity contribution in [1.82, 2.24) is 9.55 Å². The average molecular weight is 626 g/mol. The summed E-state index contributed by atoms with van der Waals surface area (Å²) in [4.78, 5) is 4.74. The molecule has 4 aromatic carbocycles. The number of ether oxygens (including phenoxy) is 3. The maximum Gasteiger partial charge on any atom is 0.206 e. The molecule has 240 valence electrons. The van der Waals surface area contributed by atoms with Crippen LogP contribution in [-0.4, -0.2) is 68.1 Å². The Kier molecular flexibility index (Phi) is 10.1. The van der Waals surface area contributed by atoms with Crippen molar-refractivity contribution in [2.24, 2.45) is 0 Å². The second kappa shape index (κ2) is 14.8. The summed E-state index contributed by atoms with van der Waals surface area (Å²) < 4.78 is 19.9. The van der Waals surface area contributed by atoms with Gasteiger partial charge in [-0.1, -0.05) is 66.7 Å². The summed E-state index contributed by atoms with van der Waals surface area (Å²) >= 11 is 0. The SMILES string of the molecule is OCCCCOc1cc(CNc2nc3ccccc3n2[C@@H]2O[C@H](CO)[C@@H](O)[C@H]2O)ccc1-c1cccc(OCc2ccccc2)c1. The van der Waals surface area contributed by atoms with E-state index in [1.54, 1.807) is 4.57 Å². The summed E-state index contributed by atoms with van der Waals surface area (Å²) in [7, 11) is 0. The lowest BCUT2D eigenvalue weighted by molar-refractivity contribution is -0.0499. The molecule has 0 saturated carbocycles. The minimum absolute atomic E-state index is 0.109. The highest BCUT2D eigenvalue weighted by atomic mass is 16.6. The van der Waals surface area contributed by atoms with Gasteiger partial charge in [-0.15, -0.1) is 0 Å². The van der Waals surface area contributed by atoms with E-state index in [2.05, 4.69) is 5.32 Å². The van der Waals surface area contributed by atoms with Crippen molar-refractivity contribution in [1.29, 1.82) is 0 Å². The molecule has 1 saturated heterocycles. The van der Waals surface area contributed by atoms with E-state index in [0.29, 0.717) is 49.8 Å². The summed E-state index contributed by atoms with van der Waals surface area (Å²) in [5.41, 5.74) is 5.30. The zero-order chi connectivity index (χ0) is 31.9. The zero-order valence-electron chi connectivity index (χ0n) is 25.4. The Hall–Kier alpha value is -4.45. The molecular weight excluding hydrogens is 586 g/mol. The first-order valence-corrected chi connectivity index (χ1v) is 15.5. The molecule has 0 radical (unpaired) electrons. The van der Waals surface area contributed by atoms with Gasteiger partial charge in [-0.05, 0) is 59.9 Å². The molecular formula is C36H39N3O7. The third kappa shape index (κ3) is 7.01. The fourth-order valence-electron chi connectivity index (χ4n) is 5.63. The molecule has 4 atom stereocenters. The topological polar surface area (TPSA) is 138 Å². The van der Waals surface area contributed by atoms with E-state index in [0.717, 1.165) is 33.5 Å². The van der Waals surface area contributed by atoms with Crippen molar-refractivity contribution >= 4 is 17.0 Å². The number of anilines is 1. The Morgan fingerprint density at radius 2 is 1.63 bits per heavy atom. The van der Waals surface area contributed by atoms with Gasteiger partial charge in [0.2, 0.25) is 5.95 Å². The number of hydrogen-bond donors (Lipinski definition) is 5. The highest BCUT2D eigenvalue weighted by molar-refractivity contribution is 5.79. The van der Waals surface area contributed by atoms with Gasteiger partial charge in [0.25, 0.3) is 0 Å². The van der Waals surface area contributed by atoms with Crippen molar-refractivity contribution in [2.75, 3.05) is 25.1 Å². The molecule has 2 heterocycles. The van der Waals surface area contributed by atoms with E-state index in [1.165, 1.54) is 0 Å². The normalized spacial score (nSPS) is 19.4. The Morgan fingerprint density at radius 3 is 2.43 bits per heavy atom. The van der Waals surface area contributed by atoms with Crippen LogP contribution in [0.5, 0.6) is 11.5 Å². The Balaban J connectivity index is 1.25. The van der Waals surface area contributed by atoms with Crippen molar-refractivity contribution < 1.29 is 34.6 Å². The number of aliphatic hydroxyl groups excluding tert-OH is 4. The second-order valence-corrected chi connectivity index (χ2v) is 11.3. The van der Waals surface area contributed by atoms with Gasteiger partial charge >= 0.3 is 0 Å². The number of para-hydroxylation sites is 2. The van der Waals surface area contributed by atoms with Gasteiger partial charge in [-0.2, -0.15) is 0 Å². The van der Waals surface area contributed by atoms with Gasteiger partial charge in [0.15, 0.2) is 6.23 Å². The summed E-state index contributed by atoms with van der Waals surface area (Å²) in [6.45, 7) is 0.991. The first kappa shape index (κ1) is 31.5. The fourth-order valence-corrected chi connectivity index (χ4v) is 5.63. The number of hydrogen-bond acceptors (Lipinski definition) is 9. The van der Waals surface area contributed by atoms with Crippen LogP contribution in [-0.2, 0) is 17.9 Å². The van der Waals surface area contributed by atoms with Crippen molar-refractivity contribution in [2.45, 2.75) is 50.5 Å². The molecule has 6 rings (SSSR count). The summed E-state index contributed by atoms with van der Waals surface area (Å²) in [6.07, 6.45) is -2.96. The van der Waals surface area contributed by atoms with Crippen LogP contribution in [0.3, 0.4) is 0 Å². The third-order valence-corrected chi connectivity index (χ3v) is 8.07. The number of aliphatic hydroxyl groups is 4. The maximum absolute atomic E-state index is 10.8.